The van der Waals surface area contributed by atoms with Gasteiger partial charge in [0.1, 0.15) is 11.5 Å². The minimum absolute atomic E-state index is 0.0406. The minimum Gasteiger partial charge on any atom is -0.497 e. The van der Waals surface area contributed by atoms with Gasteiger partial charge in [0.25, 0.3) is 0 Å². The summed E-state index contributed by atoms with van der Waals surface area (Å²) in [5.41, 5.74) is 2.42. The first kappa shape index (κ1) is 17.8. The zero-order valence-electron chi connectivity index (χ0n) is 15.1. The number of benzene rings is 2. The van der Waals surface area contributed by atoms with Gasteiger partial charge in [-0.05, 0) is 30.7 Å². The lowest BCUT2D eigenvalue weighted by atomic mass is 10.1. The fraction of sp³-hybridized carbons (Fsp3) is 0.300. The molecule has 0 aromatic heterocycles. The Bertz CT molecular complexity index is 834. The van der Waals surface area contributed by atoms with Crippen LogP contribution in [0.5, 0.6) is 11.5 Å². The van der Waals surface area contributed by atoms with Gasteiger partial charge < -0.3 is 19.7 Å². The van der Waals surface area contributed by atoms with Gasteiger partial charge in [0.05, 0.1) is 25.8 Å². The molecule has 0 radical (unpaired) electrons. The lowest BCUT2D eigenvalue weighted by Crippen LogP contribution is -2.28. The molecule has 1 aliphatic heterocycles. The monoisotopic (exact) mass is 354 g/mol. The Morgan fingerprint density at radius 1 is 1.15 bits per heavy atom. The van der Waals surface area contributed by atoms with E-state index in [9.17, 15) is 9.59 Å². The summed E-state index contributed by atoms with van der Waals surface area (Å²) >= 11 is 0. The summed E-state index contributed by atoms with van der Waals surface area (Å²) in [6, 6.07) is 12.9. The highest BCUT2D eigenvalue weighted by molar-refractivity contribution is 6.04. The van der Waals surface area contributed by atoms with Crippen LogP contribution < -0.4 is 19.7 Å². The quantitative estimate of drug-likeness (QED) is 0.896. The summed E-state index contributed by atoms with van der Waals surface area (Å²) < 4.78 is 10.5. The van der Waals surface area contributed by atoms with Crippen LogP contribution in [-0.4, -0.2) is 32.6 Å². The van der Waals surface area contributed by atoms with Crippen molar-refractivity contribution >= 4 is 23.2 Å². The number of nitrogens with one attached hydrogen (secondary N) is 1. The molecule has 26 heavy (non-hydrogen) atoms. The van der Waals surface area contributed by atoms with Gasteiger partial charge in [-0.15, -0.1) is 0 Å². The molecule has 136 valence electrons. The SMILES string of the molecule is COc1ccc(NC(=O)[C@H]2CC(=O)N(c3ccccc3C)C2)c(OC)c1. The Morgan fingerprint density at radius 3 is 2.62 bits per heavy atom. The number of ether oxygens (including phenoxy) is 2. The molecule has 2 amide bonds. The van der Waals surface area contributed by atoms with E-state index >= 15 is 0 Å². The van der Waals surface area contributed by atoms with Gasteiger partial charge in [-0.1, -0.05) is 18.2 Å². The second-order valence-electron chi connectivity index (χ2n) is 6.25. The average Bonchev–Trinajstić information content (AvgIpc) is 3.04. The molecule has 1 heterocycles. The fourth-order valence-corrected chi connectivity index (χ4v) is 3.12. The van der Waals surface area contributed by atoms with Crippen LogP contribution in [0.15, 0.2) is 42.5 Å². The zero-order valence-corrected chi connectivity index (χ0v) is 15.1. The summed E-state index contributed by atoms with van der Waals surface area (Å²) in [5, 5.41) is 2.86. The lowest BCUT2D eigenvalue weighted by molar-refractivity contribution is -0.122. The van der Waals surface area contributed by atoms with E-state index in [4.69, 9.17) is 9.47 Å². The van der Waals surface area contributed by atoms with E-state index in [0.29, 0.717) is 23.7 Å². The Hall–Kier alpha value is -3.02. The smallest absolute Gasteiger partial charge is 0.229 e. The highest BCUT2D eigenvalue weighted by atomic mass is 16.5. The molecule has 2 aromatic rings. The average molecular weight is 354 g/mol. The third kappa shape index (κ3) is 3.49. The largest absolute Gasteiger partial charge is 0.497 e. The first-order valence-corrected chi connectivity index (χ1v) is 8.42. The Balaban J connectivity index is 1.74. The molecule has 1 fully saturated rings. The summed E-state index contributed by atoms with van der Waals surface area (Å²) in [6.45, 7) is 2.33. The third-order valence-electron chi connectivity index (χ3n) is 4.57. The normalized spacial score (nSPS) is 16.5. The number of rotatable bonds is 5. The molecule has 1 N–H and O–H groups in total. The topological polar surface area (TPSA) is 67.9 Å². The molecule has 6 heteroatoms. The molecule has 3 rings (SSSR count). The second-order valence-corrected chi connectivity index (χ2v) is 6.25. The number of hydrogen-bond donors (Lipinski definition) is 1. The van der Waals surface area contributed by atoms with Crippen LogP contribution in [0.2, 0.25) is 0 Å². The number of carbonyl (C=O) groups excluding carboxylic acids is 2. The van der Waals surface area contributed by atoms with E-state index in [1.165, 1.54) is 7.11 Å². The lowest BCUT2D eigenvalue weighted by Gasteiger charge is -2.19. The number of aryl methyl sites for hydroxylation is 1. The maximum atomic E-state index is 12.7. The molecule has 0 saturated carbocycles. The predicted molar refractivity (Wildman–Crippen MR) is 99.8 cm³/mol. The minimum atomic E-state index is -0.408. The van der Waals surface area contributed by atoms with E-state index in [2.05, 4.69) is 5.32 Å². The van der Waals surface area contributed by atoms with Crippen LogP contribution in [0, 0.1) is 12.8 Å². The molecule has 1 atom stereocenters. The molecular weight excluding hydrogens is 332 g/mol. The van der Waals surface area contributed by atoms with Gasteiger partial charge in [-0.25, -0.2) is 0 Å². The van der Waals surface area contributed by atoms with Gasteiger partial charge in [-0.2, -0.15) is 0 Å². The van der Waals surface area contributed by atoms with Crippen LogP contribution in [-0.2, 0) is 9.59 Å². The van der Waals surface area contributed by atoms with Crippen molar-refractivity contribution in [3.8, 4) is 11.5 Å². The first-order valence-electron chi connectivity index (χ1n) is 8.42. The maximum Gasteiger partial charge on any atom is 0.229 e. The predicted octanol–water partition coefficient (Wildman–Crippen LogP) is 3.00. The van der Waals surface area contributed by atoms with E-state index in [1.54, 1.807) is 30.2 Å². The Morgan fingerprint density at radius 2 is 1.92 bits per heavy atom. The van der Waals surface area contributed by atoms with Crippen molar-refractivity contribution in [3.63, 3.8) is 0 Å². The summed E-state index contributed by atoms with van der Waals surface area (Å²) in [7, 11) is 3.10. The van der Waals surface area contributed by atoms with E-state index < -0.39 is 5.92 Å². The fourth-order valence-electron chi connectivity index (χ4n) is 3.12. The van der Waals surface area contributed by atoms with E-state index in [-0.39, 0.29) is 18.2 Å². The second kappa shape index (κ2) is 7.47. The van der Waals surface area contributed by atoms with Crippen molar-refractivity contribution in [3.05, 3.63) is 48.0 Å². The zero-order chi connectivity index (χ0) is 18.7. The highest BCUT2D eigenvalue weighted by Gasteiger charge is 2.35. The van der Waals surface area contributed by atoms with Crippen molar-refractivity contribution in [2.24, 2.45) is 5.92 Å². The highest BCUT2D eigenvalue weighted by Crippen LogP contribution is 2.31. The first-order chi connectivity index (χ1) is 12.5. The van der Waals surface area contributed by atoms with E-state index in [1.807, 2.05) is 31.2 Å². The van der Waals surface area contributed by atoms with E-state index in [0.717, 1.165) is 11.3 Å². The Labute approximate surface area is 152 Å². The van der Waals surface area contributed by atoms with Crippen LogP contribution in [0.3, 0.4) is 0 Å². The van der Waals surface area contributed by atoms with Crippen molar-refractivity contribution in [2.45, 2.75) is 13.3 Å². The third-order valence-corrected chi connectivity index (χ3v) is 4.57. The number of amides is 2. The molecule has 0 unspecified atom stereocenters. The van der Waals surface area contributed by atoms with Crippen molar-refractivity contribution < 1.29 is 19.1 Å². The van der Waals surface area contributed by atoms with Crippen LogP contribution in [0.1, 0.15) is 12.0 Å². The van der Waals surface area contributed by atoms with Crippen LogP contribution >= 0.6 is 0 Å². The summed E-state index contributed by atoms with van der Waals surface area (Å²) in [6.07, 6.45) is 0.193. The number of nitrogens with zero attached hydrogens (tertiary/aromatic N) is 1. The van der Waals surface area contributed by atoms with Crippen LogP contribution in [0.25, 0.3) is 0 Å². The summed E-state index contributed by atoms with van der Waals surface area (Å²) in [4.78, 5) is 26.8. The molecule has 2 aromatic carbocycles. The molecule has 0 spiro atoms. The number of methoxy groups -OCH3 is 2. The molecule has 0 bridgehead atoms. The number of hydrogen-bond acceptors (Lipinski definition) is 4. The van der Waals surface area contributed by atoms with Gasteiger partial charge in [0.15, 0.2) is 0 Å². The molecular formula is C20H22N2O4. The number of anilines is 2. The van der Waals surface area contributed by atoms with Gasteiger partial charge >= 0.3 is 0 Å². The molecule has 1 saturated heterocycles. The van der Waals surface area contributed by atoms with Gasteiger partial charge in [0.2, 0.25) is 11.8 Å². The summed E-state index contributed by atoms with van der Waals surface area (Å²) in [5.74, 6) is 0.507. The van der Waals surface area contributed by atoms with Gasteiger partial charge in [0, 0.05) is 24.7 Å². The van der Waals surface area contributed by atoms with Crippen molar-refractivity contribution in [2.75, 3.05) is 31.0 Å². The van der Waals surface area contributed by atoms with Crippen molar-refractivity contribution in [1.82, 2.24) is 0 Å². The van der Waals surface area contributed by atoms with Crippen molar-refractivity contribution in [1.29, 1.82) is 0 Å². The van der Waals surface area contributed by atoms with Gasteiger partial charge in [-0.3, -0.25) is 9.59 Å². The molecule has 1 aliphatic rings. The molecule has 6 nitrogen and oxygen atoms in total. The Kier molecular flexibility index (Phi) is 5.11. The number of carbonyl (C=O) groups is 2. The molecule has 0 aliphatic carbocycles. The maximum absolute atomic E-state index is 12.7. The number of para-hydroxylation sites is 1. The van der Waals surface area contributed by atoms with Crippen LogP contribution in [0.4, 0.5) is 11.4 Å². The standard InChI is InChI=1S/C20H22N2O4/c1-13-6-4-5-7-17(13)22-12-14(10-19(22)23)20(24)21-16-9-8-15(25-2)11-18(16)26-3/h4-9,11,14H,10,12H2,1-3H3,(H,21,24)/t14-/m0/s1.